The number of benzene rings is 10. The van der Waals surface area contributed by atoms with Gasteiger partial charge in [0.2, 0.25) is 0 Å². The van der Waals surface area contributed by atoms with Gasteiger partial charge in [-0.25, -0.2) is 9.97 Å². The third kappa shape index (κ3) is 5.06. The standard InChI is InChI=1S/C57H38N2/c1-57(2)50-30-16-29-46(55(50)49-31-36-19-6-7-20-37(36)32-51(49)57)41-24-10-13-26-43(41)52-34-53(59-56(58-52)35-17-4-3-5-18-35)47-33-48-40-23-9-8-21-38(40)39-22-11-14-27-44(39)54(48)45-28-15-12-25-42(45)47/h3-34H,1-2H3. The molecule has 0 bridgehead atoms. The predicted octanol–water partition coefficient (Wildman–Crippen LogP) is 15.2. The highest BCUT2D eigenvalue weighted by Gasteiger charge is 2.37. The molecule has 1 aliphatic rings. The van der Waals surface area contributed by atoms with E-state index in [0.29, 0.717) is 5.82 Å². The molecule has 0 spiro atoms. The van der Waals surface area contributed by atoms with Crippen molar-refractivity contribution >= 4 is 53.9 Å². The summed E-state index contributed by atoms with van der Waals surface area (Å²) < 4.78 is 0. The highest BCUT2D eigenvalue weighted by atomic mass is 14.9. The highest BCUT2D eigenvalue weighted by Crippen LogP contribution is 2.54. The lowest BCUT2D eigenvalue weighted by atomic mass is 9.81. The Kier molecular flexibility index (Phi) is 7.31. The van der Waals surface area contributed by atoms with Crippen LogP contribution < -0.4 is 0 Å². The van der Waals surface area contributed by atoms with Crippen LogP contribution in [0.15, 0.2) is 194 Å². The van der Waals surface area contributed by atoms with Crippen LogP contribution in [-0.2, 0) is 5.41 Å². The molecule has 0 saturated carbocycles. The number of fused-ring (bicyclic) bond motifs is 12. The Labute approximate surface area is 343 Å². The second kappa shape index (κ2) is 12.8. The molecule has 1 aliphatic carbocycles. The maximum absolute atomic E-state index is 5.43. The Bertz CT molecular complexity index is 3520. The van der Waals surface area contributed by atoms with E-state index in [9.17, 15) is 0 Å². The minimum atomic E-state index is -0.144. The van der Waals surface area contributed by atoms with E-state index in [-0.39, 0.29) is 5.41 Å². The van der Waals surface area contributed by atoms with Crippen molar-refractivity contribution in [2.24, 2.45) is 0 Å². The van der Waals surface area contributed by atoms with Crippen molar-refractivity contribution in [3.63, 3.8) is 0 Å². The van der Waals surface area contributed by atoms with E-state index < -0.39 is 0 Å². The lowest BCUT2D eigenvalue weighted by Crippen LogP contribution is -2.14. The molecule has 0 aliphatic heterocycles. The van der Waals surface area contributed by atoms with Gasteiger partial charge >= 0.3 is 0 Å². The Morgan fingerprint density at radius 3 is 1.59 bits per heavy atom. The average Bonchev–Trinajstić information content (AvgIpc) is 3.52. The summed E-state index contributed by atoms with van der Waals surface area (Å²) in [6, 6.07) is 70.7. The molecule has 0 radical (unpaired) electrons. The SMILES string of the molecule is CC1(C)c2cc3ccccc3cc2-c2c(-c3ccccc3-c3cc(-c4cc5c6ccccc6c6ccccc6c5c5ccccc45)nc(-c4ccccc4)n3)cccc21. The van der Waals surface area contributed by atoms with Gasteiger partial charge in [0.05, 0.1) is 11.4 Å². The number of hydrogen-bond donors (Lipinski definition) is 0. The lowest BCUT2D eigenvalue weighted by Gasteiger charge is -2.22. The van der Waals surface area contributed by atoms with Gasteiger partial charge in [-0.15, -0.1) is 0 Å². The van der Waals surface area contributed by atoms with Crippen molar-refractivity contribution in [3.05, 3.63) is 205 Å². The number of nitrogens with zero attached hydrogens (tertiary/aromatic N) is 2. The summed E-state index contributed by atoms with van der Waals surface area (Å²) >= 11 is 0. The van der Waals surface area contributed by atoms with Crippen LogP contribution in [0.3, 0.4) is 0 Å². The summed E-state index contributed by atoms with van der Waals surface area (Å²) in [4.78, 5) is 10.8. The highest BCUT2D eigenvalue weighted by molar-refractivity contribution is 6.33. The van der Waals surface area contributed by atoms with Crippen LogP contribution in [0.4, 0.5) is 0 Å². The van der Waals surface area contributed by atoms with E-state index in [1.807, 2.05) is 6.07 Å². The van der Waals surface area contributed by atoms with Gasteiger partial charge in [0.1, 0.15) is 0 Å². The molecule has 0 atom stereocenters. The maximum Gasteiger partial charge on any atom is 0.160 e. The monoisotopic (exact) mass is 750 g/mol. The van der Waals surface area contributed by atoms with Crippen LogP contribution >= 0.6 is 0 Å². The summed E-state index contributed by atoms with van der Waals surface area (Å²) in [6.45, 7) is 4.73. The summed E-state index contributed by atoms with van der Waals surface area (Å²) in [7, 11) is 0. The minimum absolute atomic E-state index is 0.144. The van der Waals surface area contributed by atoms with Gasteiger partial charge in [-0.05, 0) is 112 Å². The van der Waals surface area contributed by atoms with Crippen molar-refractivity contribution < 1.29 is 0 Å². The van der Waals surface area contributed by atoms with E-state index in [0.717, 1.165) is 33.6 Å². The van der Waals surface area contributed by atoms with Gasteiger partial charge < -0.3 is 0 Å². The first-order valence-electron chi connectivity index (χ1n) is 20.5. The summed E-state index contributed by atoms with van der Waals surface area (Å²) in [5.41, 5.74) is 12.5. The molecule has 0 saturated heterocycles. The molecule has 0 amide bonds. The van der Waals surface area contributed by atoms with Crippen LogP contribution in [0.2, 0.25) is 0 Å². The van der Waals surface area contributed by atoms with Crippen molar-refractivity contribution in [2.45, 2.75) is 19.3 Å². The molecule has 276 valence electrons. The quantitative estimate of drug-likeness (QED) is 0.167. The molecule has 11 aromatic rings. The largest absolute Gasteiger partial charge is 0.228 e. The molecule has 0 unspecified atom stereocenters. The average molecular weight is 751 g/mol. The molecule has 10 aromatic carbocycles. The van der Waals surface area contributed by atoms with Gasteiger partial charge in [0.15, 0.2) is 5.82 Å². The first-order valence-corrected chi connectivity index (χ1v) is 20.5. The van der Waals surface area contributed by atoms with Gasteiger partial charge in [-0.1, -0.05) is 184 Å². The molecule has 59 heavy (non-hydrogen) atoms. The lowest BCUT2D eigenvalue weighted by molar-refractivity contribution is 0.661. The molecule has 0 fully saturated rings. The fraction of sp³-hybridized carbons (Fsp3) is 0.0526. The zero-order chi connectivity index (χ0) is 39.2. The zero-order valence-electron chi connectivity index (χ0n) is 32.9. The van der Waals surface area contributed by atoms with Crippen LogP contribution in [0.25, 0.3) is 110 Å². The molecule has 2 nitrogen and oxygen atoms in total. The zero-order valence-corrected chi connectivity index (χ0v) is 32.9. The van der Waals surface area contributed by atoms with Gasteiger partial charge in [-0.3, -0.25) is 0 Å². The van der Waals surface area contributed by atoms with Crippen LogP contribution in [0.5, 0.6) is 0 Å². The molecular weight excluding hydrogens is 713 g/mol. The Balaban J connectivity index is 1.14. The fourth-order valence-electron chi connectivity index (χ4n) is 10.1. The third-order valence-corrected chi connectivity index (χ3v) is 12.8. The van der Waals surface area contributed by atoms with Crippen molar-refractivity contribution in [3.8, 4) is 56.2 Å². The number of hydrogen-bond acceptors (Lipinski definition) is 2. The molecule has 2 heteroatoms. The van der Waals surface area contributed by atoms with Crippen molar-refractivity contribution in [2.75, 3.05) is 0 Å². The number of rotatable bonds is 4. The van der Waals surface area contributed by atoms with Crippen LogP contribution in [0.1, 0.15) is 25.0 Å². The third-order valence-electron chi connectivity index (χ3n) is 12.8. The second-order valence-electron chi connectivity index (χ2n) is 16.5. The fourth-order valence-corrected chi connectivity index (χ4v) is 10.1. The van der Waals surface area contributed by atoms with E-state index in [1.54, 1.807) is 0 Å². The van der Waals surface area contributed by atoms with E-state index in [4.69, 9.17) is 9.97 Å². The van der Waals surface area contributed by atoms with E-state index in [2.05, 4.69) is 202 Å². The van der Waals surface area contributed by atoms with Crippen LogP contribution in [-0.4, -0.2) is 9.97 Å². The Hall–Kier alpha value is -7.42. The van der Waals surface area contributed by atoms with Crippen molar-refractivity contribution in [1.29, 1.82) is 0 Å². The molecule has 1 heterocycles. The first kappa shape index (κ1) is 33.7. The van der Waals surface area contributed by atoms with Crippen molar-refractivity contribution in [1.82, 2.24) is 9.97 Å². The van der Waals surface area contributed by atoms with E-state index in [1.165, 1.54) is 81.7 Å². The molecule has 0 N–H and O–H groups in total. The summed E-state index contributed by atoms with van der Waals surface area (Å²) in [5, 5.41) is 12.5. The topological polar surface area (TPSA) is 25.8 Å². The molecule has 12 rings (SSSR count). The van der Waals surface area contributed by atoms with E-state index >= 15 is 0 Å². The normalized spacial score (nSPS) is 13.1. The molecule has 1 aromatic heterocycles. The maximum atomic E-state index is 5.43. The first-order chi connectivity index (χ1) is 29.0. The van der Waals surface area contributed by atoms with Crippen LogP contribution in [0, 0.1) is 0 Å². The van der Waals surface area contributed by atoms with Gasteiger partial charge in [-0.2, -0.15) is 0 Å². The number of aromatic nitrogens is 2. The smallest absolute Gasteiger partial charge is 0.160 e. The van der Waals surface area contributed by atoms with Gasteiger partial charge in [0.25, 0.3) is 0 Å². The summed E-state index contributed by atoms with van der Waals surface area (Å²) in [6.07, 6.45) is 0. The predicted molar refractivity (Wildman–Crippen MR) is 249 cm³/mol. The summed E-state index contributed by atoms with van der Waals surface area (Å²) in [5.74, 6) is 0.705. The minimum Gasteiger partial charge on any atom is -0.228 e. The second-order valence-corrected chi connectivity index (χ2v) is 16.5. The van der Waals surface area contributed by atoms with Gasteiger partial charge in [0, 0.05) is 22.1 Å². The Morgan fingerprint density at radius 2 is 0.864 bits per heavy atom. The Morgan fingerprint density at radius 1 is 0.339 bits per heavy atom. The molecular formula is C57H38N2.